The lowest BCUT2D eigenvalue weighted by Crippen LogP contribution is -2.53. The van der Waals surface area contributed by atoms with Crippen LogP contribution in [0, 0.1) is 29.1 Å². The van der Waals surface area contributed by atoms with E-state index in [1.807, 2.05) is 19.1 Å². The largest absolute Gasteiger partial charge is 0.390 e. The number of carbonyl (C=O) groups is 2. The predicted octanol–water partition coefficient (Wildman–Crippen LogP) is 2.13. The fourth-order valence-electron chi connectivity index (χ4n) is 5.88. The van der Waals surface area contributed by atoms with Gasteiger partial charge in [-0.25, -0.2) is 0 Å². The maximum atomic E-state index is 13.8. The topological polar surface area (TPSA) is 107 Å². The molecule has 8 atom stereocenters. The van der Waals surface area contributed by atoms with E-state index >= 15 is 0 Å². The summed E-state index contributed by atoms with van der Waals surface area (Å²) >= 11 is 0. The highest BCUT2D eigenvalue weighted by Gasteiger charge is 2.65. The van der Waals surface area contributed by atoms with Crippen LogP contribution in [0.15, 0.2) is 23.3 Å². The van der Waals surface area contributed by atoms with Crippen molar-refractivity contribution in [3.63, 3.8) is 0 Å². The molecule has 0 saturated carbocycles. The normalized spacial score (nSPS) is 44.4. The zero-order chi connectivity index (χ0) is 22.4. The number of rotatable bonds is 2. The van der Waals surface area contributed by atoms with Crippen LogP contribution in [0.4, 0.5) is 0 Å². The molecule has 0 unspecified atom stereocenters. The van der Waals surface area contributed by atoms with Crippen LogP contribution < -0.4 is 5.32 Å². The molecule has 1 aliphatic heterocycles. The van der Waals surface area contributed by atoms with Crippen LogP contribution in [0.5, 0.6) is 0 Å². The average Bonchev–Trinajstić information content (AvgIpc) is 2.94. The van der Waals surface area contributed by atoms with Gasteiger partial charge in [0.25, 0.3) is 0 Å². The van der Waals surface area contributed by atoms with Crippen LogP contribution in [-0.2, 0) is 9.59 Å². The Morgan fingerprint density at radius 3 is 2.43 bits per heavy atom. The summed E-state index contributed by atoms with van der Waals surface area (Å²) in [6.45, 7) is 10.3. The number of amides is 1. The number of allylic oxidation sites excluding steroid dienone is 4. The number of hydrogen-bond donors (Lipinski definition) is 4. The van der Waals surface area contributed by atoms with E-state index in [0.717, 1.165) is 12.0 Å². The summed E-state index contributed by atoms with van der Waals surface area (Å²) < 4.78 is 0. The van der Waals surface area contributed by atoms with Crippen LogP contribution in [0.3, 0.4) is 0 Å². The Kier molecular flexibility index (Phi) is 6.61. The summed E-state index contributed by atoms with van der Waals surface area (Å²) in [7, 11) is 0. The second kappa shape index (κ2) is 8.56. The molecule has 3 rings (SSSR count). The molecule has 0 radical (unpaired) electrons. The van der Waals surface area contributed by atoms with Crippen molar-refractivity contribution in [2.24, 2.45) is 29.1 Å². The van der Waals surface area contributed by atoms with Crippen LogP contribution in [0.25, 0.3) is 0 Å². The fourth-order valence-corrected chi connectivity index (χ4v) is 5.88. The number of Topliss-reactive ketones (excluding diaryl/α,β-unsaturated/α-hetero) is 1. The van der Waals surface area contributed by atoms with Crippen LogP contribution >= 0.6 is 0 Å². The molecule has 2 aliphatic carbocycles. The van der Waals surface area contributed by atoms with E-state index in [0.29, 0.717) is 18.8 Å². The lowest BCUT2D eigenvalue weighted by Gasteiger charge is -2.45. The maximum absolute atomic E-state index is 13.8. The van der Waals surface area contributed by atoms with Gasteiger partial charge in [0.2, 0.25) is 5.91 Å². The van der Waals surface area contributed by atoms with Gasteiger partial charge < -0.3 is 20.6 Å². The number of carbonyl (C=O) groups excluding carboxylic acids is 2. The molecule has 1 amide bonds. The molecular weight excluding hydrogens is 382 g/mol. The van der Waals surface area contributed by atoms with Gasteiger partial charge in [-0.05, 0) is 44.9 Å². The fraction of sp³-hybridized carbons (Fsp3) is 0.750. The standard InChI is InChI=1S/C24H37NO5/c1-12(2)8-17-21-15(5)14(4)10-16-9-13(3)6-7-18(26)22(29)19(27)11-20(28)24(16,21)23(30)25-17/h9-10,12,15-19,21-22,26-27,29H,6-8,11H2,1-5H3,(H,25,30)/b13-9+/t15-,16-,17-,18-,19+,21+,22-,24+/m0/s1. The lowest BCUT2D eigenvalue weighted by molar-refractivity contribution is -0.148. The molecule has 1 fully saturated rings. The molecule has 3 aliphatic rings. The van der Waals surface area contributed by atoms with Gasteiger partial charge >= 0.3 is 0 Å². The highest BCUT2D eigenvalue weighted by molar-refractivity contribution is 6.09. The molecule has 30 heavy (non-hydrogen) atoms. The van der Waals surface area contributed by atoms with Gasteiger partial charge in [-0.3, -0.25) is 9.59 Å². The molecule has 1 saturated heterocycles. The third kappa shape index (κ3) is 3.78. The zero-order valence-corrected chi connectivity index (χ0v) is 18.8. The molecule has 0 aromatic rings. The summed E-state index contributed by atoms with van der Waals surface area (Å²) in [4.78, 5) is 27.3. The molecule has 0 bridgehead atoms. The minimum Gasteiger partial charge on any atom is -0.390 e. The summed E-state index contributed by atoms with van der Waals surface area (Å²) in [5.41, 5.74) is 0.834. The molecule has 6 nitrogen and oxygen atoms in total. The van der Waals surface area contributed by atoms with E-state index in [4.69, 9.17) is 0 Å². The molecule has 6 heteroatoms. The van der Waals surface area contributed by atoms with E-state index in [1.165, 1.54) is 5.57 Å². The smallest absolute Gasteiger partial charge is 0.235 e. The van der Waals surface area contributed by atoms with Crippen molar-refractivity contribution < 1.29 is 24.9 Å². The van der Waals surface area contributed by atoms with Gasteiger partial charge in [-0.1, -0.05) is 44.1 Å². The average molecular weight is 420 g/mol. The Morgan fingerprint density at radius 1 is 1.13 bits per heavy atom. The van der Waals surface area contributed by atoms with E-state index in [2.05, 4.69) is 33.0 Å². The summed E-state index contributed by atoms with van der Waals surface area (Å²) in [6, 6.07) is -0.117. The SMILES string of the molecule is CC1=C[C@@H]2/C=C(\C)CC[C@H](O)[C@H](O)[C@H](O)CC(=O)[C@]23C(=O)N[C@@H](CC(C)C)[C@H]3[C@H]1C. The van der Waals surface area contributed by atoms with Crippen molar-refractivity contribution in [2.45, 2.75) is 84.7 Å². The van der Waals surface area contributed by atoms with Crippen molar-refractivity contribution in [3.05, 3.63) is 23.3 Å². The quantitative estimate of drug-likeness (QED) is 0.405. The first-order valence-corrected chi connectivity index (χ1v) is 11.2. The van der Waals surface area contributed by atoms with Gasteiger partial charge in [-0.2, -0.15) is 0 Å². The van der Waals surface area contributed by atoms with Gasteiger partial charge in [0.05, 0.1) is 12.2 Å². The summed E-state index contributed by atoms with van der Waals surface area (Å²) in [6.07, 6.45) is 1.35. The van der Waals surface area contributed by atoms with Crippen LogP contribution in [-0.4, -0.2) is 51.4 Å². The lowest BCUT2D eigenvalue weighted by atomic mass is 9.54. The van der Waals surface area contributed by atoms with Crippen LogP contribution in [0.2, 0.25) is 0 Å². The van der Waals surface area contributed by atoms with Crippen molar-refractivity contribution >= 4 is 11.7 Å². The van der Waals surface area contributed by atoms with Crippen molar-refractivity contribution in [1.29, 1.82) is 0 Å². The molecule has 4 N–H and O–H groups in total. The Hall–Kier alpha value is -1.50. The van der Waals surface area contributed by atoms with Gasteiger partial charge in [0, 0.05) is 24.3 Å². The Labute approximate surface area is 179 Å². The van der Waals surface area contributed by atoms with Crippen molar-refractivity contribution in [2.75, 3.05) is 0 Å². The summed E-state index contributed by atoms with van der Waals surface area (Å²) in [5, 5.41) is 34.3. The number of ketones is 1. The molecule has 0 aromatic carbocycles. The Morgan fingerprint density at radius 2 is 1.80 bits per heavy atom. The third-order valence-electron chi connectivity index (χ3n) is 7.54. The zero-order valence-electron chi connectivity index (χ0n) is 18.8. The van der Waals surface area contributed by atoms with Gasteiger partial charge in [0.1, 0.15) is 11.5 Å². The molecular formula is C24H37NO5. The minimum absolute atomic E-state index is 0.0411. The molecule has 1 heterocycles. The van der Waals surface area contributed by atoms with E-state index < -0.39 is 29.6 Å². The number of hydrogen-bond acceptors (Lipinski definition) is 5. The summed E-state index contributed by atoms with van der Waals surface area (Å²) in [5.74, 6) is -0.827. The first-order chi connectivity index (χ1) is 14.0. The highest BCUT2D eigenvalue weighted by atomic mass is 16.4. The van der Waals surface area contributed by atoms with E-state index in [9.17, 15) is 24.9 Å². The van der Waals surface area contributed by atoms with Crippen molar-refractivity contribution in [1.82, 2.24) is 5.32 Å². The van der Waals surface area contributed by atoms with Crippen LogP contribution in [0.1, 0.15) is 60.3 Å². The Bertz CT molecular complexity index is 757. The minimum atomic E-state index is -1.41. The monoisotopic (exact) mass is 419 g/mol. The molecule has 168 valence electrons. The number of nitrogens with one attached hydrogen (secondary N) is 1. The highest BCUT2D eigenvalue weighted by Crippen LogP contribution is 2.55. The van der Waals surface area contributed by atoms with E-state index in [1.54, 1.807) is 0 Å². The third-order valence-corrected chi connectivity index (χ3v) is 7.54. The maximum Gasteiger partial charge on any atom is 0.235 e. The Balaban J connectivity index is 2.18. The van der Waals surface area contributed by atoms with Gasteiger partial charge in [0.15, 0.2) is 5.78 Å². The number of aliphatic hydroxyl groups excluding tert-OH is 3. The number of aliphatic hydroxyl groups is 3. The predicted molar refractivity (Wildman–Crippen MR) is 114 cm³/mol. The van der Waals surface area contributed by atoms with Gasteiger partial charge in [-0.15, -0.1) is 0 Å². The van der Waals surface area contributed by atoms with E-state index in [-0.39, 0.29) is 36.0 Å². The molecule has 0 aromatic heterocycles. The first-order valence-electron chi connectivity index (χ1n) is 11.2. The van der Waals surface area contributed by atoms with Crippen molar-refractivity contribution in [3.8, 4) is 0 Å². The second-order valence-corrected chi connectivity index (χ2v) is 10.1. The second-order valence-electron chi connectivity index (χ2n) is 10.1. The molecule has 1 spiro atoms. The first kappa shape index (κ1) is 23.2.